The van der Waals surface area contributed by atoms with E-state index in [1.807, 2.05) is 0 Å². The van der Waals surface area contributed by atoms with Gasteiger partial charge in [0.2, 0.25) is 11.8 Å². The molecule has 8 nitrogen and oxygen atoms in total. The lowest BCUT2D eigenvalue weighted by Gasteiger charge is -2.33. The maximum Gasteiger partial charge on any atom is 0.264 e. The molecule has 0 unspecified atom stereocenters. The van der Waals surface area contributed by atoms with E-state index >= 15 is 0 Å². The molecule has 12 heteroatoms. The van der Waals surface area contributed by atoms with Crippen molar-refractivity contribution in [2.24, 2.45) is 0 Å². The fourth-order valence-corrected chi connectivity index (χ4v) is 7.08. The van der Waals surface area contributed by atoms with E-state index < -0.39 is 28.5 Å². The molecule has 0 heterocycles. The summed E-state index contributed by atoms with van der Waals surface area (Å²) in [6.07, 6.45) is 3.77. The fourth-order valence-electron chi connectivity index (χ4n) is 4.89. The molecule has 0 spiro atoms. The average molecular weight is 653 g/mol. The van der Waals surface area contributed by atoms with Gasteiger partial charge in [-0.3, -0.25) is 13.9 Å². The largest absolute Gasteiger partial charge is 0.495 e. The van der Waals surface area contributed by atoms with Crippen molar-refractivity contribution in [3.63, 3.8) is 0 Å². The van der Waals surface area contributed by atoms with Crippen LogP contribution in [0.5, 0.6) is 5.75 Å². The minimum absolute atomic E-state index is 0.0162. The van der Waals surface area contributed by atoms with Crippen molar-refractivity contribution < 1.29 is 22.7 Å². The second-order valence-electron chi connectivity index (χ2n) is 10.0. The third-order valence-corrected chi connectivity index (χ3v) is 10.1. The van der Waals surface area contributed by atoms with E-state index in [4.69, 9.17) is 39.5 Å². The van der Waals surface area contributed by atoms with E-state index in [1.165, 1.54) is 42.3 Å². The van der Waals surface area contributed by atoms with Crippen molar-refractivity contribution in [2.45, 2.75) is 56.1 Å². The molecule has 0 aliphatic heterocycles. The molecule has 0 bridgehead atoms. The number of nitrogens with one attached hydrogen (secondary N) is 1. The van der Waals surface area contributed by atoms with Crippen molar-refractivity contribution in [3.05, 3.63) is 87.4 Å². The zero-order chi connectivity index (χ0) is 30.4. The molecule has 1 saturated carbocycles. The van der Waals surface area contributed by atoms with Gasteiger partial charge in [0.1, 0.15) is 18.3 Å². The van der Waals surface area contributed by atoms with Crippen molar-refractivity contribution >= 4 is 62.3 Å². The molecule has 1 fully saturated rings. The molecule has 2 amide bonds. The average Bonchev–Trinajstić information content (AvgIpc) is 3.48. The summed E-state index contributed by atoms with van der Waals surface area (Å²) in [4.78, 5) is 28.8. The van der Waals surface area contributed by atoms with Gasteiger partial charge in [-0.15, -0.1) is 0 Å². The maximum atomic E-state index is 14.1. The van der Waals surface area contributed by atoms with Gasteiger partial charge in [0.25, 0.3) is 10.0 Å². The molecule has 1 N–H and O–H groups in total. The van der Waals surface area contributed by atoms with Crippen LogP contribution in [0.4, 0.5) is 5.69 Å². The summed E-state index contributed by atoms with van der Waals surface area (Å²) in [5.74, 6) is -0.633. The van der Waals surface area contributed by atoms with Gasteiger partial charge in [-0.25, -0.2) is 8.42 Å². The highest BCUT2D eigenvalue weighted by Crippen LogP contribution is 2.33. The minimum Gasteiger partial charge on any atom is -0.495 e. The van der Waals surface area contributed by atoms with Gasteiger partial charge in [0.05, 0.1) is 22.7 Å². The Bertz CT molecular complexity index is 1510. The second kappa shape index (κ2) is 14.0. The van der Waals surface area contributed by atoms with Crippen LogP contribution in [0.2, 0.25) is 15.1 Å². The van der Waals surface area contributed by atoms with Gasteiger partial charge in [-0.05, 0) is 62.2 Å². The molecule has 0 aromatic heterocycles. The van der Waals surface area contributed by atoms with Crippen LogP contribution >= 0.6 is 34.8 Å². The molecule has 0 radical (unpaired) electrons. The quantitative estimate of drug-likeness (QED) is 0.261. The number of hydrogen-bond donors (Lipinski definition) is 1. The van der Waals surface area contributed by atoms with Crippen LogP contribution in [0.3, 0.4) is 0 Å². The monoisotopic (exact) mass is 651 g/mol. The highest BCUT2D eigenvalue weighted by molar-refractivity contribution is 7.92. The van der Waals surface area contributed by atoms with Gasteiger partial charge < -0.3 is 15.0 Å². The number of ether oxygens (including phenoxy) is 1. The van der Waals surface area contributed by atoms with Crippen LogP contribution in [-0.4, -0.2) is 50.9 Å². The number of methoxy groups -OCH3 is 1. The summed E-state index contributed by atoms with van der Waals surface area (Å²) in [6.45, 7) is 0.870. The molecule has 4 rings (SSSR count). The summed E-state index contributed by atoms with van der Waals surface area (Å²) in [6, 6.07) is 16.2. The number of carbonyl (C=O) groups excluding carboxylic acids is 2. The molecule has 3 aromatic carbocycles. The van der Waals surface area contributed by atoms with Crippen LogP contribution in [0.15, 0.2) is 71.6 Å². The first kappa shape index (κ1) is 31.9. The normalized spacial score (nSPS) is 14.3. The lowest BCUT2D eigenvalue weighted by atomic mass is 10.1. The standard InChI is InChI=1S/C30H32Cl3N3O5S/c1-20(30(38)34-21-9-6-7-10-21)35(18-24-25(31)13-8-14-26(24)32)29(37)19-36(22-15-16-28(41-2)27(33)17-22)42(39,40)23-11-4-3-5-12-23/h3-5,8,11-17,20-21H,6-7,9-10,18-19H2,1-2H3,(H,34,38)/t20-/m1/s1. The molecule has 224 valence electrons. The van der Waals surface area contributed by atoms with E-state index in [1.54, 1.807) is 43.3 Å². The molecule has 0 saturated heterocycles. The van der Waals surface area contributed by atoms with Crippen LogP contribution < -0.4 is 14.4 Å². The molecule has 3 aromatic rings. The number of anilines is 1. The third kappa shape index (κ3) is 7.32. The van der Waals surface area contributed by atoms with Crippen molar-refractivity contribution in [1.82, 2.24) is 10.2 Å². The molecular weight excluding hydrogens is 621 g/mol. The summed E-state index contributed by atoms with van der Waals surface area (Å²) in [5, 5.41) is 3.83. The Kier molecular flexibility index (Phi) is 10.6. The van der Waals surface area contributed by atoms with Gasteiger partial charge in [-0.1, -0.05) is 71.9 Å². The number of nitrogens with zero attached hydrogens (tertiary/aromatic N) is 2. The molecular formula is C30H32Cl3N3O5S. The number of halogens is 3. The van der Waals surface area contributed by atoms with Gasteiger partial charge in [0.15, 0.2) is 0 Å². The summed E-state index contributed by atoms with van der Waals surface area (Å²) < 4.78 is 34.0. The van der Waals surface area contributed by atoms with E-state index in [-0.39, 0.29) is 34.1 Å². The Hall–Kier alpha value is -2.98. The van der Waals surface area contributed by atoms with Crippen molar-refractivity contribution in [2.75, 3.05) is 18.0 Å². The molecule has 1 atom stereocenters. The smallest absolute Gasteiger partial charge is 0.264 e. The molecule has 1 aliphatic rings. The van der Waals surface area contributed by atoms with Gasteiger partial charge in [0, 0.05) is 28.2 Å². The number of hydrogen-bond acceptors (Lipinski definition) is 5. The Morgan fingerprint density at radius 1 is 0.952 bits per heavy atom. The first-order valence-corrected chi connectivity index (χ1v) is 16.0. The predicted molar refractivity (Wildman–Crippen MR) is 166 cm³/mol. The van der Waals surface area contributed by atoms with Crippen LogP contribution in [0.25, 0.3) is 0 Å². The van der Waals surface area contributed by atoms with Gasteiger partial charge in [-0.2, -0.15) is 0 Å². The lowest BCUT2D eigenvalue weighted by Crippen LogP contribution is -2.52. The number of benzene rings is 3. The van der Waals surface area contributed by atoms with Crippen LogP contribution in [-0.2, 0) is 26.2 Å². The Balaban J connectivity index is 1.73. The third-order valence-electron chi connectivity index (χ3n) is 7.29. The van der Waals surface area contributed by atoms with Crippen molar-refractivity contribution in [3.8, 4) is 5.75 Å². The van der Waals surface area contributed by atoms with Crippen LogP contribution in [0.1, 0.15) is 38.2 Å². The SMILES string of the molecule is COc1ccc(N(CC(=O)N(Cc2c(Cl)cccc2Cl)[C@H](C)C(=O)NC2CCCC2)S(=O)(=O)c2ccccc2)cc1Cl. The second-order valence-corrected chi connectivity index (χ2v) is 13.1. The fraction of sp³-hybridized carbons (Fsp3) is 0.333. The predicted octanol–water partition coefficient (Wildman–Crippen LogP) is 6.33. The number of amides is 2. The van der Waals surface area contributed by atoms with Gasteiger partial charge >= 0.3 is 0 Å². The Morgan fingerprint density at radius 3 is 2.19 bits per heavy atom. The van der Waals surface area contributed by atoms with E-state index in [0.29, 0.717) is 21.4 Å². The lowest BCUT2D eigenvalue weighted by molar-refractivity contribution is -0.139. The maximum absolute atomic E-state index is 14.1. The van der Waals surface area contributed by atoms with E-state index in [2.05, 4.69) is 5.32 Å². The topological polar surface area (TPSA) is 96.0 Å². The highest BCUT2D eigenvalue weighted by atomic mass is 35.5. The highest BCUT2D eigenvalue weighted by Gasteiger charge is 2.34. The number of rotatable bonds is 11. The van der Waals surface area contributed by atoms with E-state index in [0.717, 1.165) is 30.0 Å². The summed E-state index contributed by atoms with van der Waals surface area (Å²) in [7, 11) is -2.80. The molecule has 1 aliphatic carbocycles. The summed E-state index contributed by atoms with van der Waals surface area (Å²) >= 11 is 19.2. The molecule has 42 heavy (non-hydrogen) atoms. The minimum atomic E-state index is -4.24. The first-order chi connectivity index (χ1) is 20.0. The zero-order valence-electron chi connectivity index (χ0n) is 23.2. The van der Waals surface area contributed by atoms with Crippen molar-refractivity contribution in [1.29, 1.82) is 0 Å². The Labute approximate surface area is 261 Å². The Morgan fingerprint density at radius 2 is 1.60 bits per heavy atom. The first-order valence-electron chi connectivity index (χ1n) is 13.5. The van der Waals surface area contributed by atoms with Crippen LogP contribution in [0, 0.1) is 0 Å². The number of carbonyl (C=O) groups is 2. The number of sulfonamides is 1. The van der Waals surface area contributed by atoms with E-state index in [9.17, 15) is 18.0 Å². The zero-order valence-corrected chi connectivity index (χ0v) is 26.3. The summed E-state index contributed by atoms with van der Waals surface area (Å²) in [5.41, 5.74) is 0.594.